The molecule has 1 amide bonds. The van der Waals surface area contributed by atoms with Crippen molar-refractivity contribution >= 4 is 29.3 Å². The maximum absolute atomic E-state index is 13.3. The van der Waals surface area contributed by atoms with Crippen LogP contribution in [0.4, 0.5) is 5.69 Å². The molecule has 0 spiro atoms. The molecule has 3 aromatic rings. The Hall–Kier alpha value is -3.10. The maximum Gasteiger partial charge on any atom is 0.319 e. The lowest BCUT2D eigenvalue weighted by atomic mass is 10.0. The van der Waals surface area contributed by atoms with Gasteiger partial charge in [0.25, 0.3) is 5.91 Å². The summed E-state index contributed by atoms with van der Waals surface area (Å²) in [5, 5.41) is 12.5. The molecule has 0 fully saturated rings. The number of carboxylic acid groups (broad SMARTS) is 1. The normalized spacial score (nSPS) is 11.5. The van der Waals surface area contributed by atoms with Crippen molar-refractivity contribution in [3.05, 3.63) is 64.5 Å². The van der Waals surface area contributed by atoms with Gasteiger partial charge in [-0.3, -0.25) is 9.59 Å². The number of nitrogens with zero attached hydrogens (tertiary/aromatic N) is 2. The van der Waals surface area contributed by atoms with Crippen LogP contribution in [0, 0.1) is 27.7 Å². The van der Waals surface area contributed by atoms with Gasteiger partial charge >= 0.3 is 5.97 Å². The highest BCUT2D eigenvalue weighted by Crippen LogP contribution is 2.34. The van der Waals surface area contributed by atoms with E-state index >= 15 is 0 Å². The number of carboxylic acids is 1. The summed E-state index contributed by atoms with van der Waals surface area (Å²) in [7, 11) is 0. The van der Waals surface area contributed by atoms with E-state index in [0.29, 0.717) is 31.3 Å². The van der Waals surface area contributed by atoms with E-state index < -0.39 is 10.7 Å². The molecule has 0 aliphatic heterocycles. The number of benzene rings is 2. The average Bonchev–Trinajstić information content (AvgIpc) is 3.13. The van der Waals surface area contributed by atoms with Crippen molar-refractivity contribution in [2.45, 2.75) is 64.7 Å². The van der Waals surface area contributed by atoms with Crippen molar-refractivity contribution < 1.29 is 19.4 Å². The second kappa shape index (κ2) is 11.3. The molecule has 0 unspecified atom stereocenters. The average molecular weight is 510 g/mol. The number of amides is 1. The maximum atomic E-state index is 13.3. The van der Waals surface area contributed by atoms with Crippen LogP contribution in [0.5, 0.6) is 0 Å². The largest absolute Gasteiger partial charge is 0.480 e. The molecule has 192 valence electrons. The Bertz CT molecular complexity index is 1240. The first kappa shape index (κ1) is 27.5. The SMILES string of the molecule is CCOCCn1c(-c2ccc(SC(C)(C)C(=O)O)cc2)nc(C(=O)Nc2c(C)cc(C)cc2C)c1C. The number of nitrogens with one attached hydrogen (secondary N) is 1. The van der Waals surface area contributed by atoms with E-state index in [-0.39, 0.29) is 5.91 Å². The molecule has 2 N–H and O–H groups in total. The van der Waals surface area contributed by atoms with Gasteiger partial charge in [-0.15, -0.1) is 11.8 Å². The van der Waals surface area contributed by atoms with Crippen LogP contribution in [0.15, 0.2) is 41.3 Å². The number of ether oxygens (including phenoxy) is 1. The highest BCUT2D eigenvalue weighted by atomic mass is 32.2. The van der Waals surface area contributed by atoms with Gasteiger partial charge in [0.15, 0.2) is 0 Å². The molecule has 0 aliphatic rings. The molecule has 1 heterocycles. The molecule has 0 saturated heterocycles. The monoisotopic (exact) mass is 509 g/mol. The molecular weight excluding hydrogens is 474 g/mol. The summed E-state index contributed by atoms with van der Waals surface area (Å²) in [6.07, 6.45) is 0. The topological polar surface area (TPSA) is 93.4 Å². The Morgan fingerprint density at radius 1 is 1.08 bits per heavy atom. The molecular formula is C28H35N3O4S. The minimum atomic E-state index is -0.939. The number of thioether (sulfide) groups is 1. The first-order chi connectivity index (χ1) is 16.9. The zero-order chi connectivity index (χ0) is 26.6. The lowest BCUT2D eigenvalue weighted by Crippen LogP contribution is -2.26. The minimum Gasteiger partial charge on any atom is -0.480 e. The van der Waals surface area contributed by atoms with Crippen molar-refractivity contribution in [3.63, 3.8) is 0 Å². The van der Waals surface area contributed by atoms with E-state index in [4.69, 9.17) is 9.72 Å². The van der Waals surface area contributed by atoms with E-state index in [0.717, 1.165) is 38.5 Å². The Kier molecular flexibility index (Phi) is 8.63. The fraction of sp³-hybridized carbons (Fsp3) is 0.393. The van der Waals surface area contributed by atoms with Crippen LogP contribution in [-0.4, -0.2) is 44.5 Å². The number of hydrogen-bond donors (Lipinski definition) is 2. The van der Waals surface area contributed by atoms with Gasteiger partial charge in [0, 0.05) is 35.0 Å². The number of carbonyl (C=O) groups excluding carboxylic acids is 1. The molecule has 0 bridgehead atoms. The van der Waals surface area contributed by atoms with E-state index in [1.54, 1.807) is 13.8 Å². The van der Waals surface area contributed by atoms with Crippen LogP contribution in [0.1, 0.15) is 53.6 Å². The molecule has 0 aliphatic carbocycles. The summed E-state index contributed by atoms with van der Waals surface area (Å²) >= 11 is 1.29. The van der Waals surface area contributed by atoms with Gasteiger partial charge in [-0.1, -0.05) is 29.8 Å². The van der Waals surface area contributed by atoms with Gasteiger partial charge in [0.1, 0.15) is 16.3 Å². The molecule has 2 aromatic carbocycles. The summed E-state index contributed by atoms with van der Waals surface area (Å²) in [5.74, 6) is -0.452. The number of carbonyl (C=O) groups is 2. The van der Waals surface area contributed by atoms with Crippen molar-refractivity contribution in [1.82, 2.24) is 9.55 Å². The number of hydrogen-bond acceptors (Lipinski definition) is 5. The molecule has 8 heteroatoms. The van der Waals surface area contributed by atoms with Crippen molar-refractivity contribution in [1.29, 1.82) is 0 Å². The van der Waals surface area contributed by atoms with Gasteiger partial charge in [-0.05, 0) is 71.7 Å². The predicted octanol–water partition coefficient (Wildman–Crippen LogP) is 6.03. The summed E-state index contributed by atoms with van der Waals surface area (Å²) in [6.45, 7) is 14.9. The molecule has 1 aromatic heterocycles. The Balaban J connectivity index is 1.96. The molecule has 0 radical (unpaired) electrons. The number of anilines is 1. The second-order valence-corrected chi connectivity index (χ2v) is 11.1. The number of aliphatic carboxylic acids is 1. The Morgan fingerprint density at radius 2 is 1.69 bits per heavy atom. The summed E-state index contributed by atoms with van der Waals surface area (Å²) in [4.78, 5) is 30.4. The van der Waals surface area contributed by atoms with E-state index in [1.165, 1.54) is 11.8 Å². The number of rotatable bonds is 10. The van der Waals surface area contributed by atoms with Crippen molar-refractivity contribution in [2.75, 3.05) is 18.5 Å². The smallest absolute Gasteiger partial charge is 0.319 e. The van der Waals surface area contributed by atoms with Crippen LogP contribution in [0.2, 0.25) is 0 Å². The zero-order valence-corrected chi connectivity index (χ0v) is 22.9. The van der Waals surface area contributed by atoms with Crippen LogP contribution >= 0.6 is 11.8 Å². The molecule has 7 nitrogen and oxygen atoms in total. The summed E-state index contributed by atoms with van der Waals surface area (Å²) < 4.78 is 6.64. The third-order valence-electron chi connectivity index (χ3n) is 6.02. The van der Waals surface area contributed by atoms with E-state index in [1.807, 2.05) is 75.6 Å². The van der Waals surface area contributed by atoms with Crippen LogP contribution in [0.3, 0.4) is 0 Å². The third-order valence-corrected chi connectivity index (χ3v) is 7.21. The Morgan fingerprint density at radius 3 is 2.25 bits per heavy atom. The molecule has 0 atom stereocenters. The second-order valence-electron chi connectivity index (χ2n) is 9.39. The highest BCUT2D eigenvalue weighted by Gasteiger charge is 2.28. The fourth-order valence-electron chi connectivity index (χ4n) is 4.10. The lowest BCUT2D eigenvalue weighted by molar-refractivity contribution is -0.138. The van der Waals surface area contributed by atoms with Gasteiger partial charge in [0.05, 0.1) is 6.61 Å². The highest BCUT2D eigenvalue weighted by molar-refractivity contribution is 8.01. The first-order valence-corrected chi connectivity index (χ1v) is 12.8. The van der Waals surface area contributed by atoms with Gasteiger partial charge in [-0.2, -0.15) is 0 Å². The molecule has 3 rings (SSSR count). The number of aromatic nitrogens is 2. The van der Waals surface area contributed by atoms with Crippen LogP contribution in [-0.2, 0) is 16.1 Å². The standard InChI is InChI=1S/C28H35N3O4S/c1-8-35-14-13-31-20(5)24(26(32)30-23-18(3)15-17(2)16-19(23)4)29-25(31)21-9-11-22(12-10-21)36-28(6,7)27(33)34/h9-12,15-16H,8,13-14H2,1-7H3,(H,30,32)(H,33,34). The van der Waals surface area contributed by atoms with Crippen molar-refractivity contribution in [3.8, 4) is 11.4 Å². The van der Waals surface area contributed by atoms with E-state index in [9.17, 15) is 14.7 Å². The Labute approximate surface area is 217 Å². The number of imidazole rings is 1. The zero-order valence-electron chi connectivity index (χ0n) is 22.1. The summed E-state index contributed by atoms with van der Waals surface area (Å²) in [5.41, 5.74) is 5.93. The molecule has 36 heavy (non-hydrogen) atoms. The fourth-order valence-corrected chi connectivity index (χ4v) is 5.05. The predicted molar refractivity (Wildman–Crippen MR) is 145 cm³/mol. The minimum absolute atomic E-state index is 0.255. The molecule has 0 saturated carbocycles. The van der Waals surface area contributed by atoms with Gasteiger partial charge in [0.2, 0.25) is 0 Å². The van der Waals surface area contributed by atoms with Crippen LogP contribution in [0.25, 0.3) is 11.4 Å². The van der Waals surface area contributed by atoms with Crippen LogP contribution < -0.4 is 5.32 Å². The van der Waals surface area contributed by atoms with Gasteiger partial charge < -0.3 is 19.7 Å². The van der Waals surface area contributed by atoms with E-state index in [2.05, 4.69) is 5.32 Å². The first-order valence-electron chi connectivity index (χ1n) is 12.0. The third kappa shape index (κ3) is 6.17. The number of aryl methyl sites for hydroxylation is 3. The summed E-state index contributed by atoms with van der Waals surface area (Å²) in [6, 6.07) is 11.7. The van der Waals surface area contributed by atoms with Gasteiger partial charge in [-0.25, -0.2) is 4.98 Å². The van der Waals surface area contributed by atoms with Crippen molar-refractivity contribution in [2.24, 2.45) is 0 Å². The quantitative estimate of drug-likeness (QED) is 0.256. The lowest BCUT2D eigenvalue weighted by Gasteiger charge is -2.18.